The Hall–Kier alpha value is -1.15. The van der Waals surface area contributed by atoms with Gasteiger partial charge in [0.05, 0.1) is 10.3 Å². The third-order valence-corrected chi connectivity index (χ3v) is 9.69. The Morgan fingerprint density at radius 1 is 1.11 bits per heavy atom. The van der Waals surface area contributed by atoms with E-state index in [4.69, 9.17) is 0 Å². The lowest BCUT2D eigenvalue weighted by Gasteiger charge is -2.45. The molecule has 1 fully saturated rings. The molecular weight excluding hydrogens is 408 g/mol. The van der Waals surface area contributed by atoms with Crippen molar-refractivity contribution in [1.29, 1.82) is 0 Å². The van der Waals surface area contributed by atoms with Crippen molar-refractivity contribution >= 4 is 39.2 Å². The second kappa shape index (κ2) is 7.94. The highest BCUT2D eigenvalue weighted by molar-refractivity contribution is 8.19. The van der Waals surface area contributed by atoms with E-state index in [1.165, 1.54) is 35.1 Å². The molecule has 4 rings (SSSR count). The van der Waals surface area contributed by atoms with Crippen molar-refractivity contribution in [1.82, 2.24) is 5.32 Å². The predicted molar refractivity (Wildman–Crippen MR) is 121 cm³/mol. The summed E-state index contributed by atoms with van der Waals surface area (Å²) in [6.07, 6.45) is 3.53. The highest BCUT2D eigenvalue weighted by Crippen LogP contribution is 2.62. The zero-order valence-corrected chi connectivity index (χ0v) is 18.6. The Bertz CT molecular complexity index is 938. The lowest BCUT2D eigenvalue weighted by atomic mass is 9.93. The van der Waals surface area contributed by atoms with Crippen LogP contribution in [0.2, 0.25) is 0 Å². The smallest absolute Gasteiger partial charge is 0.229 e. The number of anilines is 1. The molecule has 150 valence electrons. The van der Waals surface area contributed by atoms with Gasteiger partial charge in [-0.25, -0.2) is 8.42 Å². The number of piperidine rings is 1. The standard InChI is InChI=1S/C21H26N2O2S3/c1-15(16-7-9-17(10-8-16)23-28(2,24)25)20-18-5-3-4-6-19(18)26-21(27-20)11-13-22-14-12-21/h3-10,15,20,22-23H,11-14H2,1-2H3. The number of rotatable bonds is 4. The number of thioether (sulfide) groups is 2. The van der Waals surface area contributed by atoms with Gasteiger partial charge in [0, 0.05) is 15.8 Å². The van der Waals surface area contributed by atoms with Gasteiger partial charge in [0.1, 0.15) is 0 Å². The zero-order chi connectivity index (χ0) is 19.8. The zero-order valence-electron chi connectivity index (χ0n) is 16.1. The summed E-state index contributed by atoms with van der Waals surface area (Å²) >= 11 is 4.18. The average molecular weight is 435 g/mol. The third kappa shape index (κ3) is 4.37. The normalized spacial score (nSPS) is 22.4. The van der Waals surface area contributed by atoms with Gasteiger partial charge in [-0.3, -0.25) is 4.72 Å². The molecule has 0 aromatic heterocycles. The Morgan fingerprint density at radius 2 is 1.79 bits per heavy atom. The SMILES string of the molecule is CC(c1ccc(NS(C)(=O)=O)cc1)C1SC2(CCNCC2)Sc2ccccc21. The third-order valence-electron chi connectivity index (χ3n) is 5.42. The van der Waals surface area contributed by atoms with Crippen molar-refractivity contribution in [3.63, 3.8) is 0 Å². The number of nitrogens with one attached hydrogen (secondary N) is 2. The summed E-state index contributed by atoms with van der Waals surface area (Å²) in [6, 6.07) is 16.6. The maximum absolute atomic E-state index is 11.5. The van der Waals surface area contributed by atoms with Gasteiger partial charge in [0.15, 0.2) is 0 Å². The molecule has 2 aromatic rings. The molecule has 0 saturated carbocycles. The number of benzene rings is 2. The van der Waals surface area contributed by atoms with Gasteiger partial charge in [-0.05, 0) is 61.2 Å². The van der Waals surface area contributed by atoms with Crippen molar-refractivity contribution in [3.8, 4) is 0 Å². The van der Waals surface area contributed by atoms with Gasteiger partial charge in [-0.1, -0.05) is 37.3 Å². The van der Waals surface area contributed by atoms with Gasteiger partial charge < -0.3 is 5.32 Å². The van der Waals surface area contributed by atoms with Crippen LogP contribution in [0.15, 0.2) is 53.4 Å². The fraction of sp³-hybridized carbons (Fsp3) is 0.429. The molecule has 0 amide bonds. The number of fused-ring (bicyclic) bond motifs is 1. The average Bonchev–Trinajstić information content (AvgIpc) is 2.67. The van der Waals surface area contributed by atoms with Crippen LogP contribution in [-0.2, 0) is 10.0 Å². The Morgan fingerprint density at radius 3 is 2.46 bits per heavy atom. The second-order valence-corrected chi connectivity index (χ2v) is 12.6. The summed E-state index contributed by atoms with van der Waals surface area (Å²) in [5.41, 5.74) is 3.27. The van der Waals surface area contributed by atoms with E-state index >= 15 is 0 Å². The van der Waals surface area contributed by atoms with Gasteiger partial charge in [0.25, 0.3) is 0 Å². The van der Waals surface area contributed by atoms with Crippen molar-refractivity contribution < 1.29 is 8.42 Å². The molecule has 2 aliphatic heterocycles. The van der Waals surface area contributed by atoms with Crippen molar-refractivity contribution in [2.24, 2.45) is 0 Å². The summed E-state index contributed by atoms with van der Waals surface area (Å²) in [4.78, 5) is 1.41. The quantitative estimate of drug-likeness (QED) is 0.722. The molecule has 1 spiro atoms. The van der Waals surface area contributed by atoms with E-state index in [1.54, 1.807) is 0 Å². The van der Waals surface area contributed by atoms with Gasteiger partial charge in [0.2, 0.25) is 10.0 Å². The van der Waals surface area contributed by atoms with Crippen LogP contribution < -0.4 is 10.0 Å². The molecule has 0 bridgehead atoms. The molecule has 2 aliphatic rings. The van der Waals surface area contributed by atoms with Crippen LogP contribution in [0.1, 0.15) is 42.1 Å². The molecule has 7 heteroatoms. The van der Waals surface area contributed by atoms with Crippen LogP contribution in [0, 0.1) is 0 Å². The van der Waals surface area contributed by atoms with E-state index in [2.05, 4.69) is 76.9 Å². The van der Waals surface area contributed by atoms with Crippen molar-refractivity contribution in [3.05, 3.63) is 59.7 Å². The fourth-order valence-electron chi connectivity index (χ4n) is 3.97. The highest BCUT2D eigenvalue weighted by atomic mass is 32.2. The topological polar surface area (TPSA) is 58.2 Å². The maximum atomic E-state index is 11.5. The predicted octanol–water partition coefficient (Wildman–Crippen LogP) is 4.82. The largest absolute Gasteiger partial charge is 0.317 e. The maximum Gasteiger partial charge on any atom is 0.229 e. The first kappa shape index (κ1) is 20.1. The van der Waals surface area contributed by atoms with Gasteiger partial charge >= 0.3 is 0 Å². The summed E-state index contributed by atoms with van der Waals surface area (Å²) in [7, 11) is -3.25. The minimum Gasteiger partial charge on any atom is -0.317 e. The van der Waals surface area contributed by atoms with Crippen LogP contribution in [0.25, 0.3) is 0 Å². The number of hydrogen-bond donors (Lipinski definition) is 2. The van der Waals surface area contributed by atoms with Gasteiger partial charge in [-0.2, -0.15) is 0 Å². The molecule has 4 nitrogen and oxygen atoms in total. The van der Waals surface area contributed by atoms with E-state index in [0.29, 0.717) is 16.9 Å². The van der Waals surface area contributed by atoms with Crippen molar-refractivity contribution in [2.45, 2.75) is 39.9 Å². The molecule has 2 atom stereocenters. The lowest BCUT2D eigenvalue weighted by Crippen LogP contribution is -2.39. The van der Waals surface area contributed by atoms with Gasteiger partial charge in [-0.15, -0.1) is 23.5 Å². The lowest BCUT2D eigenvalue weighted by molar-refractivity contribution is 0.502. The van der Waals surface area contributed by atoms with Crippen LogP contribution in [-0.4, -0.2) is 31.8 Å². The first-order valence-corrected chi connectivity index (χ1v) is 13.2. The molecule has 28 heavy (non-hydrogen) atoms. The van der Waals surface area contributed by atoms with E-state index in [-0.39, 0.29) is 4.08 Å². The fourth-order valence-corrected chi connectivity index (χ4v) is 8.25. The van der Waals surface area contributed by atoms with Crippen LogP contribution >= 0.6 is 23.5 Å². The summed E-state index contributed by atoms with van der Waals surface area (Å²) in [5, 5.41) is 3.89. The Balaban J connectivity index is 1.63. The first-order valence-electron chi connectivity index (χ1n) is 9.59. The van der Waals surface area contributed by atoms with Crippen LogP contribution in [0.3, 0.4) is 0 Å². The molecule has 0 aliphatic carbocycles. The Labute approximate surface area is 176 Å². The van der Waals surface area contributed by atoms with Crippen LogP contribution in [0.5, 0.6) is 0 Å². The summed E-state index contributed by atoms with van der Waals surface area (Å²) in [5.74, 6) is 0.339. The highest BCUT2D eigenvalue weighted by Gasteiger charge is 2.43. The van der Waals surface area contributed by atoms with E-state index in [9.17, 15) is 8.42 Å². The van der Waals surface area contributed by atoms with E-state index in [1.807, 2.05) is 12.1 Å². The molecule has 0 radical (unpaired) electrons. The number of hydrogen-bond acceptors (Lipinski definition) is 5. The van der Waals surface area contributed by atoms with Crippen molar-refractivity contribution in [2.75, 3.05) is 24.1 Å². The number of sulfonamides is 1. The molecule has 1 saturated heterocycles. The molecule has 2 N–H and O–H groups in total. The van der Waals surface area contributed by atoms with E-state index < -0.39 is 10.0 Å². The summed E-state index contributed by atoms with van der Waals surface area (Å²) in [6.45, 7) is 4.45. The monoisotopic (exact) mass is 434 g/mol. The van der Waals surface area contributed by atoms with Crippen LogP contribution in [0.4, 0.5) is 5.69 Å². The molecular formula is C21H26N2O2S3. The second-order valence-electron chi connectivity index (χ2n) is 7.62. The minimum absolute atomic E-state index is 0.246. The molecule has 2 aromatic carbocycles. The minimum atomic E-state index is -3.25. The Kier molecular flexibility index (Phi) is 5.71. The molecule has 2 unspecified atom stereocenters. The molecule has 2 heterocycles. The first-order chi connectivity index (χ1) is 13.4. The van der Waals surface area contributed by atoms with E-state index in [0.717, 1.165) is 13.1 Å². The summed E-state index contributed by atoms with van der Waals surface area (Å²) < 4.78 is 25.7.